The van der Waals surface area contributed by atoms with Crippen LogP contribution in [0.1, 0.15) is 11.4 Å². The van der Waals surface area contributed by atoms with Gasteiger partial charge in [0.15, 0.2) is 0 Å². The van der Waals surface area contributed by atoms with Crippen molar-refractivity contribution < 1.29 is 0 Å². The Kier molecular flexibility index (Phi) is 2.27. The van der Waals surface area contributed by atoms with Crippen molar-refractivity contribution in [2.24, 2.45) is 0 Å². The van der Waals surface area contributed by atoms with Gasteiger partial charge in [0.1, 0.15) is 0 Å². The van der Waals surface area contributed by atoms with Crippen LogP contribution in [-0.2, 0) is 0 Å². The van der Waals surface area contributed by atoms with E-state index in [0.29, 0.717) is 0 Å². The van der Waals surface area contributed by atoms with Crippen molar-refractivity contribution in [1.29, 1.82) is 0 Å². The lowest BCUT2D eigenvalue weighted by Crippen LogP contribution is -1.85. The first-order valence-electron chi connectivity index (χ1n) is 4.61. The minimum atomic E-state index is 1.04. The third-order valence-corrected chi connectivity index (χ3v) is 2.16. The molecule has 0 aliphatic rings. The van der Waals surface area contributed by atoms with Gasteiger partial charge in [0.05, 0.1) is 0 Å². The maximum absolute atomic E-state index is 4.25. The van der Waals surface area contributed by atoms with Gasteiger partial charge in [0.2, 0.25) is 0 Å². The zero-order valence-corrected chi connectivity index (χ0v) is 8.36. The van der Waals surface area contributed by atoms with E-state index in [9.17, 15) is 0 Å². The summed E-state index contributed by atoms with van der Waals surface area (Å²) in [4.78, 5) is 8.50. The van der Waals surface area contributed by atoms with Crippen molar-refractivity contribution in [3.8, 4) is 11.1 Å². The molecule has 0 fully saturated rings. The quantitative estimate of drug-likeness (QED) is 0.681. The summed E-state index contributed by atoms with van der Waals surface area (Å²) in [6.07, 6.45) is 3.75. The summed E-state index contributed by atoms with van der Waals surface area (Å²) in [6, 6.07) is 8.15. The van der Waals surface area contributed by atoms with Gasteiger partial charge in [-0.3, -0.25) is 9.97 Å². The highest BCUT2D eigenvalue weighted by Crippen LogP contribution is 2.17. The number of aromatic nitrogens is 2. The zero-order valence-electron chi connectivity index (χ0n) is 8.36. The maximum atomic E-state index is 4.25. The average molecular weight is 184 g/mol. The Morgan fingerprint density at radius 1 is 0.714 bits per heavy atom. The molecule has 2 rings (SSSR count). The lowest BCUT2D eigenvalue weighted by atomic mass is 10.1. The van der Waals surface area contributed by atoms with Gasteiger partial charge in [0.25, 0.3) is 0 Å². The molecule has 0 bridgehead atoms. The van der Waals surface area contributed by atoms with Crippen molar-refractivity contribution in [2.45, 2.75) is 13.8 Å². The highest BCUT2D eigenvalue weighted by atomic mass is 14.7. The van der Waals surface area contributed by atoms with Crippen LogP contribution in [0, 0.1) is 13.8 Å². The fourth-order valence-corrected chi connectivity index (χ4v) is 1.28. The molecule has 70 valence electrons. The Morgan fingerprint density at radius 3 is 1.43 bits per heavy atom. The SMILES string of the molecule is Cc1ccc(-c2ccc(C)nc2)cn1. The number of hydrogen-bond donors (Lipinski definition) is 0. The zero-order chi connectivity index (χ0) is 9.97. The molecule has 0 spiro atoms. The van der Waals surface area contributed by atoms with Crippen LogP contribution in [-0.4, -0.2) is 9.97 Å². The third kappa shape index (κ3) is 1.79. The summed E-state index contributed by atoms with van der Waals surface area (Å²) < 4.78 is 0. The van der Waals surface area contributed by atoms with Gasteiger partial charge in [-0.25, -0.2) is 0 Å². The maximum Gasteiger partial charge on any atom is 0.0373 e. The van der Waals surface area contributed by atoms with Crippen LogP contribution in [0.2, 0.25) is 0 Å². The van der Waals surface area contributed by atoms with Crippen molar-refractivity contribution in [3.63, 3.8) is 0 Å². The smallest absolute Gasteiger partial charge is 0.0373 e. The lowest BCUT2D eigenvalue weighted by Gasteiger charge is -2.01. The summed E-state index contributed by atoms with van der Waals surface area (Å²) in [5.41, 5.74) is 4.30. The normalized spacial score (nSPS) is 10.1. The number of nitrogens with zero attached hydrogens (tertiary/aromatic N) is 2. The molecule has 0 atom stereocenters. The number of hydrogen-bond acceptors (Lipinski definition) is 2. The van der Waals surface area contributed by atoms with E-state index in [2.05, 4.69) is 22.1 Å². The largest absolute Gasteiger partial charge is 0.261 e. The predicted octanol–water partition coefficient (Wildman–Crippen LogP) is 2.76. The molecule has 14 heavy (non-hydrogen) atoms. The molecule has 0 N–H and O–H groups in total. The first kappa shape index (κ1) is 8.88. The van der Waals surface area contributed by atoms with E-state index in [1.807, 2.05) is 38.4 Å². The van der Waals surface area contributed by atoms with Crippen LogP contribution in [0.4, 0.5) is 0 Å². The number of pyridine rings is 2. The molecule has 0 saturated heterocycles. The van der Waals surface area contributed by atoms with E-state index in [1.165, 1.54) is 0 Å². The third-order valence-electron chi connectivity index (χ3n) is 2.16. The Balaban J connectivity index is 2.40. The van der Waals surface area contributed by atoms with Gasteiger partial charge < -0.3 is 0 Å². The molecule has 0 unspecified atom stereocenters. The van der Waals surface area contributed by atoms with Gasteiger partial charge in [-0.1, -0.05) is 12.1 Å². The summed E-state index contributed by atoms with van der Waals surface area (Å²) in [5.74, 6) is 0. The Labute approximate surface area is 83.7 Å². The van der Waals surface area contributed by atoms with Crippen molar-refractivity contribution in [1.82, 2.24) is 9.97 Å². The van der Waals surface area contributed by atoms with Crippen molar-refractivity contribution in [3.05, 3.63) is 48.0 Å². The van der Waals surface area contributed by atoms with E-state index in [0.717, 1.165) is 22.5 Å². The molecule has 0 aromatic carbocycles. The minimum absolute atomic E-state index is 1.04. The second-order valence-electron chi connectivity index (χ2n) is 3.38. The molecule has 0 amide bonds. The van der Waals surface area contributed by atoms with Crippen molar-refractivity contribution >= 4 is 0 Å². The van der Waals surface area contributed by atoms with Gasteiger partial charge in [-0.2, -0.15) is 0 Å². The first-order chi connectivity index (χ1) is 6.75. The number of rotatable bonds is 1. The first-order valence-corrected chi connectivity index (χ1v) is 4.61. The molecular formula is C12H12N2. The average Bonchev–Trinajstić information content (AvgIpc) is 2.21. The fourth-order valence-electron chi connectivity index (χ4n) is 1.28. The summed E-state index contributed by atoms with van der Waals surface area (Å²) in [5, 5.41) is 0. The Bertz CT molecular complexity index is 372. The molecule has 2 heterocycles. The van der Waals surface area contributed by atoms with E-state index in [-0.39, 0.29) is 0 Å². The molecule has 0 aliphatic carbocycles. The topological polar surface area (TPSA) is 25.8 Å². The molecule has 2 aromatic rings. The van der Waals surface area contributed by atoms with Crippen LogP contribution in [0.3, 0.4) is 0 Å². The van der Waals surface area contributed by atoms with Gasteiger partial charge in [-0.05, 0) is 26.0 Å². The van der Waals surface area contributed by atoms with Gasteiger partial charge in [-0.15, -0.1) is 0 Å². The summed E-state index contributed by atoms with van der Waals surface area (Å²) in [6.45, 7) is 3.97. The van der Waals surface area contributed by atoms with Crippen LogP contribution in [0.5, 0.6) is 0 Å². The minimum Gasteiger partial charge on any atom is -0.261 e. The second-order valence-corrected chi connectivity index (χ2v) is 3.38. The molecule has 0 radical (unpaired) electrons. The molecule has 2 nitrogen and oxygen atoms in total. The monoisotopic (exact) mass is 184 g/mol. The second kappa shape index (κ2) is 3.58. The van der Waals surface area contributed by atoms with E-state index >= 15 is 0 Å². The molecule has 0 saturated carbocycles. The van der Waals surface area contributed by atoms with Gasteiger partial charge >= 0.3 is 0 Å². The fraction of sp³-hybridized carbons (Fsp3) is 0.167. The van der Waals surface area contributed by atoms with E-state index < -0.39 is 0 Å². The highest BCUT2D eigenvalue weighted by molar-refractivity contribution is 5.61. The Hall–Kier alpha value is -1.70. The van der Waals surface area contributed by atoms with E-state index in [4.69, 9.17) is 0 Å². The molecular weight excluding hydrogens is 172 g/mol. The number of aryl methyl sites for hydroxylation is 2. The van der Waals surface area contributed by atoms with Crippen LogP contribution in [0.15, 0.2) is 36.7 Å². The standard InChI is InChI=1S/C12H12N2/c1-9-3-5-11(7-13-9)12-6-4-10(2)14-8-12/h3-8H,1-2H3. The molecule has 2 heteroatoms. The lowest BCUT2D eigenvalue weighted by molar-refractivity contribution is 1.18. The van der Waals surface area contributed by atoms with Crippen LogP contribution in [0.25, 0.3) is 11.1 Å². The molecule has 2 aromatic heterocycles. The van der Waals surface area contributed by atoms with E-state index in [1.54, 1.807) is 0 Å². The van der Waals surface area contributed by atoms with Crippen LogP contribution < -0.4 is 0 Å². The highest BCUT2D eigenvalue weighted by Gasteiger charge is 1.97. The predicted molar refractivity (Wildman–Crippen MR) is 56.9 cm³/mol. The summed E-state index contributed by atoms with van der Waals surface area (Å²) in [7, 11) is 0. The summed E-state index contributed by atoms with van der Waals surface area (Å²) >= 11 is 0. The van der Waals surface area contributed by atoms with Crippen LogP contribution >= 0.6 is 0 Å². The van der Waals surface area contributed by atoms with Crippen molar-refractivity contribution in [2.75, 3.05) is 0 Å². The Morgan fingerprint density at radius 2 is 1.14 bits per heavy atom. The van der Waals surface area contributed by atoms with Gasteiger partial charge in [0, 0.05) is 34.9 Å². The molecule has 0 aliphatic heterocycles.